The second-order valence-electron chi connectivity index (χ2n) is 10.6. The number of amides is 4. The summed E-state index contributed by atoms with van der Waals surface area (Å²) < 4.78 is 0. The van der Waals surface area contributed by atoms with Crippen LogP contribution in [0.25, 0.3) is 0 Å². The molecule has 0 aromatic heterocycles. The number of piperazine rings is 1. The van der Waals surface area contributed by atoms with Gasteiger partial charge in [0.15, 0.2) is 0 Å². The predicted octanol–water partition coefficient (Wildman–Crippen LogP) is 1.04. The Hall–Kier alpha value is -4.25. The monoisotopic (exact) mass is 531 g/mol. The van der Waals surface area contributed by atoms with Crippen molar-refractivity contribution in [3.63, 3.8) is 0 Å². The van der Waals surface area contributed by atoms with Gasteiger partial charge in [-0.15, -0.1) is 0 Å². The van der Waals surface area contributed by atoms with E-state index in [9.17, 15) is 24.0 Å². The number of rotatable bonds is 6. The van der Waals surface area contributed by atoms with E-state index in [4.69, 9.17) is 5.11 Å². The van der Waals surface area contributed by atoms with Gasteiger partial charge in [0.25, 0.3) is 11.8 Å². The lowest BCUT2D eigenvalue weighted by Gasteiger charge is -2.45. The second kappa shape index (κ2) is 9.81. The van der Waals surface area contributed by atoms with Gasteiger partial charge in [-0.25, -0.2) is 4.79 Å². The molecule has 1 atom stereocenters. The van der Waals surface area contributed by atoms with Crippen molar-refractivity contribution in [1.82, 2.24) is 15.1 Å². The van der Waals surface area contributed by atoms with E-state index >= 15 is 0 Å². The lowest BCUT2D eigenvalue weighted by Crippen LogP contribution is -2.55. The zero-order valence-electron chi connectivity index (χ0n) is 21.3. The molecule has 0 spiro atoms. The number of piperidine rings is 1. The van der Waals surface area contributed by atoms with Crippen molar-refractivity contribution in [3.05, 3.63) is 59.2 Å². The molecule has 202 valence electrons. The average molecular weight is 532 g/mol. The van der Waals surface area contributed by atoms with Gasteiger partial charge < -0.3 is 14.9 Å². The first kappa shape index (κ1) is 25.1. The Balaban J connectivity index is 1.02. The summed E-state index contributed by atoms with van der Waals surface area (Å²) in [4.78, 5) is 68.8. The third kappa shape index (κ3) is 4.63. The molecule has 6 rings (SSSR count). The smallest absolute Gasteiger partial charge is 0.335 e. The van der Waals surface area contributed by atoms with E-state index in [0.29, 0.717) is 22.6 Å². The third-order valence-corrected chi connectivity index (χ3v) is 8.11. The van der Waals surface area contributed by atoms with Crippen LogP contribution in [0.15, 0.2) is 42.5 Å². The maximum absolute atomic E-state index is 13.1. The minimum absolute atomic E-state index is 0.0954. The Kier molecular flexibility index (Phi) is 6.30. The van der Waals surface area contributed by atoms with Crippen LogP contribution in [-0.4, -0.2) is 96.4 Å². The van der Waals surface area contributed by atoms with Gasteiger partial charge >= 0.3 is 5.97 Å². The molecule has 4 aliphatic heterocycles. The van der Waals surface area contributed by atoms with E-state index < -0.39 is 35.6 Å². The molecule has 2 N–H and O–H groups in total. The van der Waals surface area contributed by atoms with Gasteiger partial charge in [-0.2, -0.15) is 0 Å². The second-order valence-corrected chi connectivity index (χ2v) is 10.6. The topological polar surface area (TPSA) is 131 Å². The number of carbonyl (C=O) groups excluding carboxylic acids is 4. The number of fused-ring (bicyclic) bond motifs is 1. The van der Waals surface area contributed by atoms with Crippen molar-refractivity contribution < 1.29 is 29.1 Å². The number of nitrogens with one attached hydrogen (secondary N) is 1. The molecular weight excluding hydrogens is 502 g/mol. The number of imide groups is 2. The van der Waals surface area contributed by atoms with Gasteiger partial charge in [0, 0.05) is 69.5 Å². The predicted molar refractivity (Wildman–Crippen MR) is 141 cm³/mol. The fraction of sp³-hybridized carbons (Fsp3) is 0.393. The van der Waals surface area contributed by atoms with Crippen molar-refractivity contribution in [1.29, 1.82) is 0 Å². The lowest BCUT2D eigenvalue weighted by molar-refractivity contribution is -0.136. The number of anilines is 2. The van der Waals surface area contributed by atoms with Gasteiger partial charge in [0.1, 0.15) is 6.04 Å². The molecule has 4 aliphatic rings. The van der Waals surface area contributed by atoms with Crippen molar-refractivity contribution in [2.75, 3.05) is 55.6 Å². The summed E-state index contributed by atoms with van der Waals surface area (Å²) in [5.74, 6) is -2.35. The van der Waals surface area contributed by atoms with E-state index in [1.165, 1.54) is 0 Å². The lowest BCUT2D eigenvalue weighted by atomic mass is 9.97. The number of benzene rings is 2. The summed E-state index contributed by atoms with van der Waals surface area (Å²) in [5, 5.41) is 11.3. The number of carboxylic acid groups (broad SMARTS) is 1. The third-order valence-electron chi connectivity index (χ3n) is 8.11. The molecule has 2 aromatic carbocycles. The van der Waals surface area contributed by atoms with E-state index in [2.05, 4.69) is 20.0 Å². The Morgan fingerprint density at radius 2 is 1.51 bits per heavy atom. The number of hydrogen-bond acceptors (Lipinski definition) is 8. The molecule has 3 saturated heterocycles. The van der Waals surface area contributed by atoms with Crippen molar-refractivity contribution >= 4 is 41.0 Å². The van der Waals surface area contributed by atoms with E-state index in [1.807, 2.05) is 18.2 Å². The van der Waals surface area contributed by atoms with Crippen LogP contribution in [0.3, 0.4) is 0 Å². The SMILES string of the molecule is O=C1CCC(N2C(=O)c3ccc(N4CCN(CC5CN(c6ccc(C(=O)O)cc6)C5)CC4)cc3C2=O)C(=O)N1. The first-order valence-electron chi connectivity index (χ1n) is 13.2. The van der Waals surface area contributed by atoms with Crippen LogP contribution in [-0.2, 0) is 9.59 Å². The molecule has 11 nitrogen and oxygen atoms in total. The molecule has 0 aliphatic carbocycles. The van der Waals surface area contributed by atoms with E-state index in [0.717, 1.165) is 62.1 Å². The molecule has 2 aromatic rings. The van der Waals surface area contributed by atoms with Crippen molar-refractivity contribution in [3.8, 4) is 0 Å². The zero-order valence-corrected chi connectivity index (χ0v) is 21.3. The van der Waals surface area contributed by atoms with Crippen molar-refractivity contribution in [2.24, 2.45) is 5.92 Å². The molecule has 0 bridgehead atoms. The number of nitrogens with zero attached hydrogens (tertiary/aromatic N) is 4. The molecule has 1 unspecified atom stereocenters. The highest BCUT2D eigenvalue weighted by atomic mass is 16.4. The van der Waals surface area contributed by atoms with E-state index in [1.54, 1.807) is 24.3 Å². The van der Waals surface area contributed by atoms with Crippen LogP contribution in [0.2, 0.25) is 0 Å². The Bertz CT molecular complexity index is 1360. The number of carboxylic acids is 1. The van der Waals surface area contributed by atoms with Crippen LogP contribution in [0.4, 0.5) is 11.4 Å². The number of aromatic carboxylic acids is 1. The molecular formula is C28H29N5O6. The van der Waals surface area contributed by atoms with Crippen molar-refractivity contribution in [2.45, 2.75) is 18.9 Å². The summed E-state index contributed by atoms with van der Waals surface area (Å²) in [6.07, 6.45) is 0.235. The minimum atomic E-state index is -0.964. The average Bonchev–Trinajstić information content (AvgIpc) is 3.15. The Morgan fingerprint density at radius 1 is 0.846 bits per heavy atom. The van der Waals surface area contributed by atoms with Crippen LogP contribution >= 0.6 is 0 Å². The van der Waals surface area contributed by atoms with Crippen LogP contribution in [0.5, 0.6) is 0 Å². The summed E-state index contributed by atoms with van der Waals surface area (Å²) in [7, 11) is 0. The first-order valence-corrected chi connectivity index (χ1v) is 13.2. The molecule has 0 radical (unpaired) electrons. The highest BCUT2D eigenvalue weighted by molar-refractivity contribution is 6.23. The maximum Gasteiger partial charge on any atom is 0.335 e. The molecule has 4 heterocycles. The van der Waals surface area contributed by atoms with Gasteiger partial charge in [-0.3, -0.25) is 34.3 Å². The molecule has 3 fully saturated rings. The van der Waals surface area contributed by atoms with Gasteiger partial charge in [0.05, 0.1) is 16.7 Å². The number of hydrogen-bond donors (Lipinski definition) is 2. The molecule has 4 amide bonds. The standard InChI is InChI=1S/C28H29N5O6/c34-24-8-7-23(25(35)29-24)33-26(36)21-6-5-20(13-22(21)27(33)37)31-11-9-30(10-12-31)14-17-15-32(16-17)19-3-1-18(2-4-19)28(38)39/h1-6,13,17,23H,7-12,14-16H2,(H,38,39)(H,29,34,35). The molecule has 39 heavy (non-hydrogen) atoms. The minimum Gasteiger partial charge on any atom is -0.478 e. The highest BCUT2D eigenvalue weighted by Crippen LogP contribution is 2.31. The maximum atomic E-state index is 13.1. The van der Waals surface area contributed by atoms with Gasteiger partial charge in [-0.05, 0) is 48.9 Å². The normalized spacial score (nSPS) is 22.2. The summed E-state index contributed by atoms with van der Waals surface area (Å²) in [6, 6.07) is 11.3. The Labute approximate surface area is 224 Å². The van der Waals surface area contributed by atoms with Gasteiger partial charge in [0.2, 0.25) is 11.8 Å². The fourth-order valence-corrected chi connectivity index (χ4v) is 5.92. The van der Waals surface area contributed by atoms with Crippen LogP contribution in [0.1, 0.15) is 43.9 Å². The fourth-order valence-electron chi connectivity index (χ4n) is 5.92. The quantitative estimate of drug-likeness (QED) is 0.525. The van der Waals surface area contributed by atoms with Crippen LogP contribution in [0, 0.1) is 5.92 Å². The van der Waals surface area contributed by atoms with E-state index in [-0.39, 0.29) is 12.8 Å². The summed E-state index contributed by atoms with van der Waals surface area (Å²) in [6.45, 7) is 6.24. The molecule has 0 saturated carbocycles. The highest BCUT2D eigenvalue weighted by Gasteiger charge is 2.44. The molecule has 11 heteroatoms. The number of carbonyl (C=O) groups is 5. The van der Waals surface area contributed by atoms with Gasteiger partial charge in [-0.1, -0.05) is 0 Å². The largest absolute Gasteiger partial charge is 0.478 e. The Morgan fingerprint density at radius 3 is 2.18 bits per heavy atom. The summed E-state index contributed by atoms with van der Waals surface area (Å²) >= 11 is 0. The van der Waals surface area contributed by atoms with Crippen LogP contribution < -0.4 is 15.1 Å². The first-order chi connectivity index (χ1) is 18.8. The summed E-state index contributed by atoms with van der Waals surface area (Å²) in [5.41, 5.74) is 2.80. The zero-order chi connectivity index (χ0) is 27.3.